The molecule has 0 heterocycles. The molecule has 4 nitrogen and oxygen atoms in total. The zero-order chi connectivity index (χ0) is 14.4. The molecule has 0 radical (unpaired) electrons. The van der Waals surface area contributed by atoms with Gasteiger partial charge < -0.3 is 10.2 Å². The van der Waals surface area contributed by atoms with Crippen LogP contribution in [0.25, 0.3) is 6.08 Å². The van der Waals surface area contributed by atoms with Crippen LogP contribution in [0, 0.1) is 0 Å². The molecule has 0 aliphatic heterocycles. The molecule has 2 N–H and O–H groups in total. The molecule has 0 aromatic heterocycles. The summed E-state index contributed by atoms with van der Waals surface area (Å²) in [6, 6.07) is 13.9. The largest absolute Gasteiger partial charge is 0.507 e. The average Bonchev–Trinajstić information content (AvgIpc) is 2.46. The minimum absolute atomic E-state index is 0.160. The predicted octanol–water partition coefficient (Wildman–Crippen LogP) is 3.51. The summed E-state index contributed by atoms with van der Waals surface area (Å²) >= 11 is 0. The molecule has 2 aromatic rings. The summed E-state index contributed by atoms with van der Waals surface area (Å²) in [5.74, 6) is -1.45. The minimum Gasteiger partial charge on any atom is -0.507 e. The highest BCUT2D eigenvalue weighted by atomic mass is 16.4. The lowest BCUT2D eigenvalue weighted by molar-refractivity contribution is 0.0694. The number of carbonyl (C=O) groups is 1. The highest BCUT2D eigenvalue weighted by molar-refractivity contribution is 5.92. The number of carboxylic acid groups (broad SMARTS) is 1. The van der Waals surface area contributed by atoms with Gasteiger partial charge in [0.05, 0.1) is 5.69 Å². The Labute approximate surface area is 116 Å². The van der Waals surface area contributed by atoms with Gasteiger partial charge in [0, 0.05) is 6.21 Å². The van der Waals surface area contributed by atoms with Crippen molar-refractivity contribution in [1.82, 2.24) is 0 Å². The highest BCUT2D eigenvalue weighted by Gasteiger charge is 2.09. The van der Waals surface area contributed by atoms with Gasteiger partial charge in [0.15, 0.2) is 0 Å². The number of hydrogen-bond acceptors (Lipinski definition) is 3. The maximum absolute atomic E-state index is 10.9. The third-order valence-electron chi connectivity index (χ3n) is 2.61. The van der Waals surface area contributed by atoms with E-state index in [2.05, 4.69) is 4.99 Å². The van der Waals surface area contributed by atoms with Gasteiger partial charge in [-0.2, -0.15) is 0 Å². The molecule has 0 bridgehead atoms. The molecular formula is C16H13NO3. The van der Waals surface area contributed by atoms with E-state index in [0.29, 0.717) is 5.69 Å². The Morgan fingerprint density at radius 1 is 1.10 bits per heavy atom. The van der Waals surface area contributed by atoms with Crippen LogP contribution in [0.5, 0.6) is 5.75 Å². The van der Waals surface area contributed by atoms with E-state index >= 15 is 0 Å². The monoisotopic (exact) mass is 267 g/mol. The summed E-state index contributed by atoms with van der Waals surface area (Å²) in [5, 5.41) is 18.3. The third-order valence-corrected chi connectivity index (χ3v) is 2.61. The lowest BCUT2D eigenvalue weighted by Crippen LogP contribution is -1.95. The number of nitrogens with zero attached hydrogens (tertiary/aromatic N) is 1. The SMILES string of the molecule is O=C(O)c1cc(N=C/C=C/c2ccccc2)ccc1O. The first-order valence-electron chi connectivity index (χ1n) is 5.99. The van der Waals surface area contributed by atoms with E-state index in [0.717, 1.165) is 5.56 Å². The van der Waals surface area contributed by atoms with Crippen LogP contribution in [0.15, 0.2) is 59.6 Å². The summed E-state index contributed by atoms with van der Waals surface area (Å²) in [6.45, 7) is 0. The second-order valence-corrected chi connectivity index (χ2v) is 4.05. The van der Waals surface area contributed by atoms with Gasteiger partial charge in [0.2, 0.25) is 0 Å². The van der Waals surface area contributed by atoms with Gasteiger partial charge in [-0.25, -0.2) is 4.79 Å². The Balaban J connectivity index is 2.10. The molecule has 2 aromatic carbocycles. The molecule has 2 rings (SSSR count). The number of carboxylic acids is 1. The fourth-order valence-corrected chi connectivity index (χ4v) is 1.62. The topological polar surface area (TPSA) is 69.9 Å². The van der Waals surface area contributed by atoms with Crippen molar-refractivity contribution in [3.63, 3.8) is 0 Å². The van der Waals surface area contributed by atoms with E-state index in [1.54, 1.807) is 18.4 Å². The van der Waals surface area contributed by atoms with Crippen molar-refractivity contribution in [3.8, 4) is 5.75 Å². The predicted molar refractivity (Wildman–Crippen MR) is 78.7 cm³/mol. The standard InChI is InChI=1S/C16H13NO3/c18-15-9-8-13(11-14(15)16(19)20)17-10-4-7-12-5-2-1-3-6-12/h1-11,18H,(H,19,20)/b7-4+,17-10?. The Kier molecular flexibility index (Phi) is 4.29. The lowest BCUT2D eigenvalue weighted by Gasteiger charge is -1.99. The number of phenols is 1. The van der Waals surface area contributed by atoms with Crippen LogP contribution >= 0.6 is 0 Å². The number of rotatable bonds is 4. The second kappa shape index (κ2) is 6.33. The molecule has 0 aliphatic rings. The molecule has 0 fully saturated rings. The Morgan fingerprint density at radius 2 is 1.85 bits per heavy atom. The molecule has 0 atom stereocenters. The van der Waals surface area contributed by atoms with Crippen molar-refractivity contribution in [1.29, 1.82) is 0 Å². The Hall–Kier alpha value is -2.88. The van der Waals surface area contributed by atoms with E-state index in [9.17, 15) is 9.90 Å². The van der Waals surface area contributed by atoms with Gasteiger partial charge in [-0.15, -0.1) is 0 Å². The average molecular weight is 267 g/mol. The quantitative estimate of drug-likeness (QED) is 0.833. The van der Waals surface area contributed by atoms with E-state index in [1.165, 1.54) is 12.1 Å². The first-order chi connectivity index (χ1) is 9.66. The van der Waals surface area contributed by atoms with Crippen molar-refractivity contribution in [2.24, 2.45) is 4.99 Å². The third kappa shape index (κ3) is 3.55. The van der Waals surface area contributed by atoms with Crippen LogP contribution in [0.3, 0.4) is 0 Å². The summed E-state index contributed by atoms with van der Waals surface area (Å²) in [6.07, 6.45) is 5.23. The van der Waals surface area contributed by atoms with Crippen molar-refractivity contribution < 1.29 is 15.0 Å². The number of hydrogen-bond donors (Lipinski definition) is 2. The van der Waals surface area contributed by atoms with Gasteiger partial charge >= 0.3 is 5.97 Å². The zero-order valence-electron chi connectivity index (χ0n) is 10.6. The van der Waals surface area contributed by atoms with Gasteiger partial charge in [-0.1, -0.05) is 36.4 Å². The van der Waals surface area contributed by atoms with Crippen LogP contribution in [0.2, 0.25) is 0 Å². The number of benzene rings is 2. The summed E-state index contributed by atoms with van der Waals surface area (Å²) in [5.41, 5.74) is 1.36. The van der Waals surface area contributed by atoms with E-state index < -0.39 is 5.97 Å². The molecule has 20 heavy (non-hydrogen) atoms. The molecule has 0 unspecified atom stereocenters. The van der Waals surface area contributed by atoms with Crippen LogP contribution in [-0.2, 0) is 0 Å². The highest BCUT2D eigenvalue weighted by Crippen LogP contribution is 2.23. The molecular weight excluding hydrogens is 254 g/mol. The van der Waals surface area contributed by atoms with Gasteiger partial charge in [-0.05, 0) is 29.8 Å². The fourth-order valence-electron chi connectivity index (χ4n) is 1.62. The van der Waals surface area contributed by atoms with Gasteiger partial charge in [0.25, 0.3) is 0 Å². The molecule has 100 valence electrons. The van der Waals surface area contributed by atoms with Crippen molar-refractivity contribution >= 4 is 23.9 Å². The lowest BCUT2D eigenvalue weighted by atomic mass is 10.2. The zero-order valence-corrected chi connectivity index (χ0v) is 10.6. The fraction of sp³-hybridized carbons (Fsp3) is 0. The molecule has 0 saturated heterocycles. The van der Waals surface area contributed by atoms with E-state index in [-0.39, 0.29) is 11.3 Å². The molecule has 0 aliphatic carbocycles. The normalized spacial score (nSPS) is 11.2. The van der Waals surface area contributed by atoms with Gasteiger partial charge in [-0.3, -0.25) is 4.99 Å². The Morgan fingerprint density at radius 3 is 2.55 bits per heavy atom. The van der Waals surface area contributed by atoms with E-state index in [4.69, 9.17) is 5.11 Å². The first kappa shape index (κ1) is 13.5. The molecule has 0 amide bonds. The van der Waals surface area contributed by atoms with E-state index in [1.807, 2.05) is 36.4 Å². The number of aliphatic imine (C=N–C) groups is 1. The first-order valence-corrected chi connectivity index (χ1v) is 5.99. The maximum Gasteiger partial charge on any atom is 0.339 e. The van der Waals surface area contributed by atoms with Crippen molar-refractivity contribution in [3.05, 3.63) is 65.7 Å². The number of allylic oxidation sites excluding steroid dienone is 1. The molecule has 4 heteroatoms. The molecule has 0 spiro atoms. The minimum atomic E-state index is -1.18. The number of aromatic carboxylic acids is 1. The van der Waals surface area contributed by atoms with Crippen molar-refractivity contribution in [2.45, 2.75) is 0 Å². The summed E-state index contributed by atoms with van der Waals surface area (Å²) in [7, 11) is 0. The van der Waals surface area contributed by atoms with Crippen molar-refractivity contribution in [2.75, 3.05) is 0 Å². The Bertz CT molecular complexity index is 661. The summed E-state index contributed by atoms with van der Waals surface area (Å²) < 4.78 is 0. The van der Waals surface area contributed by atoms with Gasteiger partial charge in [0.1, 0.15) is 11.3 Å². The number of aromatic hydroxyl groups is 1. The smallest absolute Gasteiger partial charge is 0.339 e. The molecule has 0 saturated carbocycles. The maximum atomic E-state index is 10.9. The van der Waals surface area contributed by atoms with Crippen LogP contribution < -0.4 is 0 Å². The summed E-state index contributed by atoms with van der Waals surface area (Å²) in [4.78, 5) is 15.0. The van der Waals surface area contributed by atoms with Crippen LogP contribution in [0.1, 0.15) is 15.9 Å². The second-order valence-electron chi connectivity index (χ2n) is 4.05. The van der Waals surface area contributed by atoms with Crippen LogP contribution in [0.4, 0.5) is 5.69 Å². The van der Waals surface area contributed by atoms with Crippen LogP contribution in [-0.4, -0.2) is 22.4 Å².